The number of alkyl halides is 3. The lowest BCUT2D eigenvalue weighted by molar-refractivity contribution is -0.274. The minimum Gasteiger partial charge on any atom is -0.452 e. The Balaban J connectivity index is 1.98. The summed E-state index contributed by atoms with van der Waals surface area (Å²) in [4.78, 5) is 23.9. The Labute approximate surface area is 170 Å². The number of nitrogens with one attached hydrogen (secondary N) is 1. The zero-order valence-corrected chi connectivity index (χ0v) is 16.5. The number of amides is 1. The second-order valence-electron chi connectivity index (χ2n) is 5.91. The first-order valence-corrected chi connectivity index (χ1v) is 10.3. The highest BCUT2D eigenvalue weighted by atomic mass is 32.2. The van der Waals surface area contributed by atoms with Crippen molar-refractivity contribution in [2.24, 2.45) is 0 Å². The topological polar surface area (TPSA) is 98.8 Å². The molecule has 0 aliphatic rings. The van der Waals surface area contributed by atoms with Gasteiger partial charge < -0.3 is 14.8 Å². The van der Waals surface area contributed by atoms with E-state index in [1.807, 2.05) is 0 Å². The minimum atomic E-state index is -4.89. The highest BCUT2D eigenvalue weighted by molar-refractivity contribution is 7.91. The lowest BCUT2D eigenvalue weighted by atomic mass is 10.2. The standard InChI is InChI=1S/C19H18F3NO6S/c1-2-30(26,27)16-10-6-4-8-14(16)18(25)28-12-17(24)23-11-13-7-3-5-9-15(13)29-19(20,21)22/h3-10H,2,11-12H2,1H3,(H,23,24). The normalized spacial score (nSPS) is 11.6. The lowest BCUT2D eigenvalue weighted by Gasteiger charge is -2.14. The van der Waals surface area contributed by atoms with Crippen molar-refractivity contribution in [1.82, 2.24) is 5.32 Å². The highest BCUT2D eigenvalue weighted by Crippen LogP contribution is 2.26. The van der Waals surface area contributed by atoms with Gasteiger partial charge in [-0.05, 0) is 18.2 Å². The van der Waals surface area contributed by atoms with E-state index < -0.39 is 40.4 Å². The molecule has 11 heteroatoms. The Morgan fingerprint density at radius 1 is 1.03 bits per heavy atom. The van der Waals surface area contributed by atoms with Crippen LogP contribution in [-0.2, 0) is 25.9 Å². The first-order chi connectivity index (χ1) is 14.0. The molecule has 0 aromatic heterocycles. The Bertz CT molecular complexity index is 1020. The molecule has 0 fully saturated rings. The third-order valence-electron chi connectivity index (χ3n) is 3.83. The van der Waals surface area contributed by atoms with Crippen molar-refractivity contribution in [1.29, 1.82) is 0 Å². The average molecular weight is 445 g/mol. The van der Waals surface area contributed by atoms with Crippen molar-refractivity contribution in [2.45, 2.75) is 24.7 Å². The van der Waals surface area contributed by atoms with E-state index in [1.54, 1.807) is 0 Å². The van der Waals surface area contributed by atoms with Gasteiger partial charge in [-0.1, -0.05) is 37.3 Å². The fourth-order valence-corrected chi connectivity index (χ4v) is 3.47. The number of carbonyl (C=O) groups excluding carboxylic acids is 2. The van der Waals surface area contributed by atoms with Crippen LogP contribution in [0.15, 0.2) is 53.4 Å². The summed E-state index contributed by atoms with van der Waals surface area (Å²) in [6.07, 6.45) is -4.89. The quantitative estimate of drug-likeness (QED) is 0.628. The van der Waals surface area contributed by atoms with E-state index in [9.17, 15) is 31.2 Å². The molecule has 1 N–H and O–H groups in total. The molecule has 0 saturated carbocycles. The summed E-state index contributed by atoms with van der Waals surface area (Å²) >= 11 is 0. The molecular formula is C19H18F3NO6S. The van der Waals surface area contributed by atoms with Crippen LogP contribution in [0.3, 0.4) is 0 Å². The third-order valence-corrected chi connectivity index (χ3v) is 5.62. The lowest BCUT2D eigenvalue weighted by Crippen LogP contribution is -2.29. The highest BCUT2D eigenvalue weighted by Gasteiger charge is 2.32. The van der Waals surface area contributed by atoms with Crippen LogP contribution >= 0.6 is 0 Å². The van der Waals surface area contributed by atoms with Gasteiger partial charge in [-0.2, -0.15) is 0 Å². The zero-order valence-electron chi connectivity index (χ0n) is 15.7. The molecule has 7 nitrogen and oxygen atoms in total. The molecule has 0 radical (unpaired) electrons. The van der Waals surface area contributed by atoms with E-state index in [2.05, 4.69) is 10.1 Å². The number of hydrogen-bond donors (Lipinski definition) is 1. The van der Waals surface area contributed by atoms with Gasteiger partial charge in [0.2, 0.25) is 0 Å². The van der Waals surface area contributed by atoms with E-state index in [1.165, 1.54) is 49.4 Å². The van der Waals surface area contributed by atoms with Gasteiger partial charge >= 0.3 is 12.3 Å². The van der Waals surface area contributed by atoms with Crippen LogP contribution in [0.1, 0.15) is 22.8 Å². The van der Waals surface area contributed by atoms with Crippen LogP contribution in [0.5, 0.6) is 5.75 Å². The molecule has 0 aliphatic heterocycles. The molecule has 0 unspecified atom stereocenters. The number of sulfone groups is 1. The molecule has 0 aliphatic carbocycles. The SMILES string of the molecule is CCS(=O)(=O)c1ccccc1C(=O)OCC(=O)NCc1ccccc1OC(F)(F)F. The van der Waals surface area contributed by atoms with Crippen molar-refractivity contribution >= 4 is 21.7 Å². The van der Waals surface area contributed by atoms with Crippen molar-refractivity contribution < 1.29 is 40.7 Å². The fraction of sp³-hybridized carbons (Fsp3) is 0.263. The maximum atomic E-state index is 12.4. The van der Waals surface area contributed by atoms with Gasteiger partial charge in [-0.3, -0.25) is 4.79 Å². The number of halogens is 3. The number of rotatable bonds is 8. The number of hydrogen-bond acceptors (Lipinski definition) is 6. The number of carbonyl (C=O) groups is 2. The number of benzene rings is 2. The van der Waals surface area contributed by atoms with Crippen molar-refractivity contribution in [3.8, 4) is 5.75 Å². The van der Waals surface area contributed by atoms with Crippen LogP contribution in [0.2, 0.25) is 0 Å². The number of para-hydroxylation sites is 1. The van der Waals surface area contributed by atoms with Gasteiger partial charge in [0.05, 0.1) is 16.2 Å². The molecule has 0 atom stereocenters. The van der Waals surface area contributed by atoms with Gasteiger partial charge in [-0.15, -0.1) is 13.2 Å². The maximum absolute atomic E-state index is 12.4. The van der Waals surface area contributed by atoms with E-state index in [0.717, 1.165) is 6.07 Å². The van der Waals surface area contributed by atoms with E-state index in [-0.39, 0.29) is 28.3 Å². The summed E-state index contributed by atoms with van der Waals surface area (Å²) in [6.45, 7) is 0.371. The van der Waals surface area contributed by atoms with Gasteiger partial charge in [0.25, 0.3) is 5.91 Å². The predicted octanol–water partition coefficient (Wildman–Crippen LogP) is 2.85. The predicted molar refractivity (Wildman–Crippen MR) is 99.4 cm³/mol. The smallest absolute Gasteiger partial charge is 0.452 e. The molecule has 162 valence electrons. The molecule has 0 spiro atoms. The van der Waals surface area contributed by atoms with Crippen LogP contribution in [0, 0.1) is 0 Å². The molecular weight excluding hydrogens is 427 g/mol. The number of ether oxygens (including phenoxy) is 2. The summed E-state index contributed by atoms with van der Waals surface area (Å²) in [5.74, 6) is -2.50. The molecule has 0 heterocycles. The monoisotopic (exact) mass is 445 g/mol. The summed E-state index contributed by atoms with van der Waals surface area (Å²) in [5.41, 5.74) is -0.148. The second-order valence-corrected chi connectivity index (χ2v) is 8.15. The van der Waals surface area contributed by atoms with Gasteiger partial charge in [-0.25, -0.2) is 13.2 Å². The van der Waals surface area contributed by atoms with Crippen molar-refractivity contribution in [3.63, 3.8) is 0 Å². The summed E-state index contributed by atoms with van der Waals surface area (Å²) in [6, 6.07) is 10.7. The first kappa shape index (κ1) is 23.2. The van der Waals surface area contributed by atoms with E-state index in [0.29, 0.717) is 0 Å². The van der Waals surface area contributed by atoms with Gasteiger partial charge in [0, 0.05) is 12.1 Å². The molecule has 2 aromatic rings. The molecule has 30 heavy (non-hydrogen) atoms. The molecule has 2 rings (SSSR count). The third kappa shape index (κ3) is 6.48. The number of esters is 1. The Morgan fingerprint density at radius 3 is 2.33 bits per heavy atom. The van der Waals surface area contributed by atoms with Crippen LogP contribution in [0.25, 0.3) is 0 Å². The second kappa shape index (κ2) is 9.61. The minimum absolute atomic E-state index is 0.0638. The van der Waals surface area contributed by atoms with E-state index >= 15 is 0 Å². The summed E-state index contributed by atoms with van der Waals surface area (Å²) in [7, 11) is -3.69. The van der Waals surface area contributed by atoms with Gasteiger partial charge in [0.15, 0.2) is 16.4 Å². The van der Waals surface area contributed by atoms with Crippen LogP contribution < -0.4 is 10.1 Å². The Kier molecular flexibility index (Phi) is 7.43. The van der Waals surface area contributed by atoms with Crippen molar-refractivity contribution in [3.05, 3.63) is 59.7 Å². The maximum Gasteiger partial charge on any atom is 0.573 e. The summed E-state index contributed by atoms with van der Waals surface area (Å²) in [5, 5.41) is 2.31. The summed E-state index contributed by atoms with van der Waals surface area (Å²) < 4.78 is 70.1. The van der Waals surface area contributed by atoms with Crippen LogP contribution in [0.4, 0.5) is 13.2 Å². The largest absolute Gasteiger partial charge is 0.573 e. The van der Waals surface area contributed by atoms with E-state index in [4.69, 9.17) is 4.74 Å². The first-order valence-electron chi connectivity index (χ1n) is 8.62. The molecule has 1 amide bonds. The molecule has 2 aromatic carbocycles. The average Bonchev–Trinajstić information content (AvgIpc) is 2.70. The van der Waals surface area contributed by atoms with Crippen molar-refractivity contribution in [2.75, 3.05) is 12.4 Å². The van der Waals surface area contributed by atoms with Gasteiger partial charge in [0.1, 0.15) is 5.75 Å². The Morgan fingerprint density at radius 2 is 1.67 bits per heavy atom. The zero-order chi connectivity index (χ0) is 22.4. The Hall–Kier alpha value is -3.08. The van der Waals surface area contributed by atoms with Crippen LogP contribution in [-0.4, -0.2) is 39.0 Å². The fourth-order valence-electron chi connectivity index (χ4n) is 2.39. The molecule has 0 bridgehead atoms. The molecule has 0 saturated heterocycles.